The van der Waals surface area contributed by atoms with Gasteiger partial charge >= 0.3 is 0 Å². The van der Waals surface area contributed by atoms with Crippen molar-refractivity contribution in [1.82, 2.24) is 9.80 Å². The minimum Gasteiger partial charge on any atom is -0.335 e. The fourth-order valence-corrected chi connectivity index (χ4v) is 5.32. The molecule has 0 aliphatic carbocycles. The van der Waals surface area contributed by atoms with E-state index in [2.05, 4.69) is 0 Å². The molecule has 1 fully saturated rings. The van der Waals surface area contributed by atoms with Crippen molar-refractivity contribution in [3.8, 4) is 0 Å². The minimum atomic E-state index is -0.174. The maximum absolute atomic E-state index is 12.5. The van der Waals surface area contributed by atoms with Gasteiger partial charge in [-0.15, -0.1) is 22.7 Å². The van der Waals surface area contributed by atoms with Crippen LogP contribution in [-0.2, 0) is 0 Å². The molecule has 24 heavy (non-hydrogen) atoms. The third kappa shape index (κ3) is 3.69. The number of rotatable bonds is 2. The van der Waals surface area contributed by atoms with Crippen LogP contribution < -0.4 is 0 Å². The summed E-state index contributed by atoms with van der Waals surface area (Å²) < 4.78 is 1.70. The first-order valence-corrected chi connectivity index (χ1v) is 9.99. The predicted molar refractivity (Wildman–Crippen MR) is 100 cm³/mol. The number of thiophene rings is 2. The second-order valence-electron chi connectivity index (χ2n) is 5.06. The lowest BCUT2D eigenvalue weighted by Gasteiger charge is -2.34. The fraction of sp³-hybridized carbons (Fsp3) is 0.286. The number of nitrogens with zero attached hydrogens (tertiary/aromatic N) is 2. The van der Waals surface area contributed by atoms with Crippen LogP contribution in [0.5, 0.6) is 0 Å². The highest BCUT2D eigenvalue weighted by Crippen LogP contribution is 2.33. The molecule has 2 aromatic heterocycles. The van der Waals surface area contributed by atoms with Gasteiger partial charge in [0.1, 0.15) is 8.67 Å². The summed E-state index contributed by atoms with van der Waals surface area (Å²) in [6.07, 6.45) is 0. The number of hydrogen-bond acceptors (Lipinski definition) is 4. The second kappa shape index (κ2) is 7.40. The molecule has 1 aliphatic rings. The Kier molecular flexibility index (Phi) is 5.64. The van der Waals surface area contributed by atoms with Crippen molar-refractivity contribution in [3.05, 3.63) is 40.6 Å². The summed E-state index contributed by atoms with van der Waals surface area (Å²) in [5, 5.41) is 0. The third-order valence-electron chi connectivity index (χ3n) is 3.63. The van der Waals surface area contributed by atoms with Gasteiger partial charge in [0.15, 0.2) is 0 Å². The Morgan fingerprint density at radius 3 is 1.33 bits per heavy atom. The average Bonchev–Trinajstić information content (AvgIpc) is 3.07. The van der Waals surface area contributed by atoms with Gasteiger partial charge in [-0.2, -0.15) is 0 Å². The lowest BCUT2D eigenvalue weighted by molar-refractivity contribution is 0.0536. The number of piperazine rings is 1. The van der Waals surface area contributed by atoms with Crippen molar-refractivity contribution < 1.29 is 9.59 Å². The third-order valence-corrected chi connectivity index (χ3v) is 6.60. The summed E-state index contributed by atoms with van der Waals surface area (Å²) in [6, 6.07) is 3.14. The summed E-state index contributed by atoms with van der Waals surface area (Å²) in [5.74, 6) is -0.348. The monoisotopic (exact) mass is 442 g/mol. The van der Waals surface area contributed by atoms with E-state index in [0.717, 1.165) is 22.7 Å². The van der Waals surface area contributed by atoms with Crippen LogP contribution in [0, 0.1) is 0 Å². The van der Waals surface area contributed by atoms with E-state index < -0.39 is 0 Å². The first-order valence-electron chi connectivity index (χ1n) is 6.85. The second-order valence-corrected chi connectivity index (χ2v) is 9.63. The largest absolute Gasteiger partial charge is 0.335 e. The van der Waals surface area contributed by atoms with Gasteiger partial charge in [0.25, 0.3) is 11.8 Å². The van der Waals surface area contributed by atoms with Crippen LogP contribution in [0.4, 0.5) is 0 Å². The molecule has 0 atom stereocenters. The van der Waals surface area contributed by atoms with Gasteiger partial charge in [-0.1, -0.05) is 46.4 Å². The van der Waals surface area contributed by atoms with E-state index in [1.165, 1.54) is 0 Å². The van der Waals surface area contributed by atoms with Crippen molar-refractivity contribution in [3.63, 3.8) is 0 Å². The van der Waals surface area contributed by atoms with E-state index in [4.69, 9.17) is 46.4 Å². The van der Waals surface area contributed by atoms with Crippen LogP contribution in [0.3, 0.4) is 0 Å². The van der Waals surface area contributed by atoms with Crippen LogP contribution >= 0.6 is 69.1 Å². The van der Waals surface area contributed by atoms with E-state index in [-0.39, 0.29) is 11.8 Å². The minimum absolute atomic E-state index is 0.174. The van der Waals surface area contributed by atoms with Crippen molar-refractivity contribution in [1.29, 1.82) is 0 Å². The Labute approximate surface area is 166 Å². The van der Waals surface area contributed by atoms with Gasteiger partial charge < -0.3 is 9.80 Å². The quantitative estimate of drug-likeness (QED) is 0.653. The summed E-state index contributed by atoms with van der Waals surface area (Å²) in [5.41, 5.74) is 0.804. The smallest absolute Gasteiger partial charge is 0.256 e. The summed E-state index contributed by atoms with van der Waals surface area (Å²) in [4.78, 5) is 28.3. The van der Waals surface area contributed by atoms with E-state index in [0.29, 0.717) is 54.7 Å². The maximum Gasteiger partial charge on any atom is 0.256 e. The van der Waals surface area contributed by atoms with Crippen molar-refractivity contribution in [2.45, 2.75) is 0 Å². The molecule has 0 saturated carbocycles. The molecule has 1 saturated heterocycles. The Hall–Kier alpha value is -0.500. The Bertz CT molecular complexity index is 731. The first kappa shape index (κ1) is 18.3. The molecule has 3 heterocycles. The summed E-state index contributed by atoms with van der Waals surface area (Å²) in [6.45, 7) is 1.68. The maximum atomic E-state index is 12.5. The first-order chi connectivity index (χ1) is 11.4. The highest BCUT2D eigenvalue weighted by atomic mass is 35.5. The van der Waals surface area contributed by atoms with Crippen LogP contribution in [0.25, 0.3) is 0 Å². The van der Waals surface area contributed by atoms with E-state index in [9.17, 15) is 9.59 Å². The molecule has 2 aromatic rings. The van der Waals surface area contributed by atoms with Gasteiger partial charge in [0.2, 0.25) is 0 Å². The highest BCUT2D eigenvalue weighted by molar-refractivity contribution is 7.20. The van der Waals surface area contributed by atoms with Crippen LogP contribution in [0.2, 0.25) is 17.3 Å². The Balaban J connectivity index is 1.65. The molecule has 0 bridgehead atoms. The number of carbonyl (C=O) groups excluding carboxylic acids is 2. The summed E-state index contributed by atoms with van der Waals surface area (Å²) in [7, 11) is 0. The van der Waals surface area contributed by atoms with Crippen molar-refractivity contribution >= 4 is 80.9 Å². The molecule has 0 N–H and O–H groups in total. The zero-order chi connectivity index (χ0) is 17.4. The molecule has 128 valence electrons. The van der Waals surface area contributed by atoms with Gasteiger partial charge in [-0.25, -0.2) is 0 Å². The number of carbonyl (C=O) groups is 2. The van der Waals surface area contributed by atoms with E-state index in [1.807, 2.05) is 0 Å². The summed E-state index contributed by atoms with van der Waals surface area (Å²) >= 11 is 26.2. The zero-order valence-corrected chi connectivity index (χ0v) is 16.7. The molecule has 4 nitrogen and oxygen atoms in total. The van der Waals surface area contributed by atoms with Gasteiger partial charge in [-0.05, 0) is 12.1 Å². The van der Waals surface area contributed by atoms with E-state index in [1.54, 1.807) is 21.9 Å². The highest BCUT2D eigenvalue weighted by Gasteiger charge is 2.28. The molecular formula is C14H10Cl4N2O2S2. The SMILES string of the molecule is O=C(c1cc(Cl)sc1Cl)N1CCN(C(=O)c2cc(Cl)sc2Cl)CC1. The van der Waals surface area contributed by atoms with Crippen molar-refractivity contribution in [2.75, 3.05) is 26.2 Å². The predicted octanol–water partition coefficient (Wildman–Crippen LogP) is 5.02. The zero-order valence-electron chi connectivity index (χ0n) is 12.0. The molecular weight excluding hydrogens is 434 g/mol. The number of halogens is 4. The lowest BCUT2D eigenvalue weighted by Crippen LogP contribution is -2.50. The normalized spacial score (nSPS) is 15.0. The van der Waals surface area contributed by atoms with Crippen LogP contribution in [-0.4, -0.2) is 47.8 Å². The van der Waals surface area contributed by atoms with Crippen molar-refractivity contribution in [2.24, 2.45) is 0 Å². The molecule has 0 radical (unpaired) electrons. The Morgan fingerprint density at radius 1 is 0.750 bits per heavy atom. The standard InChI is InChI=1S/C14H10Cl4N2O2S2/c15-9-5-7(11(17)23-9)13(21)19-1-2-20(4-3-19)14(22)8-6-10(16)24-12(8)18/h5-6H,1-4H2. The molecule has 0 aromatic carbocycles. The van der Waals surface area contributed by atoms with E-state index >= 15 is 0 Å². The van der Waals surface area contributed by atoms with Gasteiger partial charge in [0, 0.05) is 26.2 Å². The number of amides is 2. The molecule has 0 spiro atoms. The lowest BCUT2D eigenvalue weighted by atomic mass is 10.2. The fourth-order valence-electron chi connectivity index (χ4n) is 2.43. The van der Waals surface area contributed by atoms with Gasteiger partial charge in [0.05, 0.1) is 19.8 Å². The molecule has 0 unspecified atom stereocenters. The number of hydrogen-bond donors (Lipinski definition) is 0. The van der Waals surface area contributed by atoms with Crippen LogP contribution in [0.1, 0.15) is 20.7 Å². The molecule has 1 aliphatic heterocycles. The molecule has 2 amide bonds. The topological polar surface area (TPSA) is 40.6 Å². The Morgan fingerprint density at radius 2 is 1.08 bits per heavy atom. The van der Waals surface area contributed by atoms with Crippen LogP contribution in [0.15, 0.2) is 12.1 Å². The molecule has 10 heteroatoms. The average molecular weight is 444 g/mol. The van der Waals surface area contributed by atoms with Gasteiger partial charge in [-0.3, -0.25) is 9.59 Å². The molecule has 3 rings (SSSR count).